The lowest BCUT2D eigenvalue weighted by Gasteiger charge is -2.09. The number of halogens is 1. The number of carbonyl (C=O) groups is 1. The van der Waals surface area contributed by atoms with Crippen LogP contribution < -0.4 is 10.1 Å². The van der Waals surface area contributed by atoms with Gasteiger partial charge in [-0.2, -0.15) is 0 Å². The molecule has 0 bridgehead atoms. The lowest BCUT2D eigenvalue weighted by Crippen LogP contribution is -2.14. The number of aromatic nitrogens is 1. The van der Waals surface area contributed by atoms with Crippen molar-refractivity contribution in [2.45, 2.75) is 6.92 Å². The number of amides is 1. The highest BCUT2D eigenvalue weighted by Gasteiger charge is 2.15. The molecule has 0 saturated carbocycles. The maximum Gasteiger partial charge on any atom is 0.260 e. The van der Waals surface area contributed by atoms with Crippen molar-refractivity contribution in [2.75, 3.05) is 11.9 Å². The number of aryl methyl sites for hydroxylation is 1. The summed E-state index contributed by atoms with van der Waals surface area (Å²) in [4.78, 5) is 12.2. The first-order valence-corrected chi connectivity index (χ1v) is 6.08. The van der Waals surface area contributed by atoms with E-state index < -0.39 is 5.91 Å². The molecule has 2 rings (SSSR count). The summed E-state index contributed by atoms with van der Waals surface area (Å²) < 4.78 is 10.2. The van der Waals surface area contributed by atoms with Gasteiger partial charge >= 0.3 is 0 Å². The lowest BCUT2D eigenvalue weighted by molar-refractivity contribution is 0.102. The highest BCUT2D eigenvalue weighted by atomic mass is 35.5. The second-order valence-electron chi connectivity index (χ2n) is 3.91. The van der Waals surface area contributed by atoms with Crippen LogP contribution in [0.4, 0.5) is 5.82 Å². The van der Waals surface area contributed by atoms with E-state index in [1.165, 1.54) is 6.07 Å². The first-order chi connectivity index (χ1) is 9.60. The van der Waals surface area contributed by atoms with E-state index in [-0.39, 0.29) is 12.2 Å². The molecule has 0 aliphatic rings. The third-order valence-corrected chi connectivity index (χ3v) is 2.60. The molecule has 1 aromatic carbocycles. The molecule has 1 amide bonds. The Hall–Kier alpha value is -2.45. The van der Waals surface area contributed by atoms with Crippen molar-refractivity contribution in [2.24, 2.45) is 0 Å². The number of hydrogen-bond donors (Lipinski definition) is 1. The molecule has 6 heteroatoms. The number of anilines is 1. The summed E-state index contributed by atoms with van der Waals surface area (Å²) in [6.07, 6.45) is 5.13. The largest absolute Gasteiger partial charge is 0.480 e. The SMILES string of the molecule is C#CCOc1ccc(Cl)cc1C(=O)Nc1cc(C)on1. The Balaban J connectivity index is 2.23. The summed E-state index contributed by atoms with van der Waals surface area (Å²) in [6, 6.07) is 6.30. The van der Waals surface area contributed by atoms with Crippen LogP contribution in [0.5, 0.6) is 5.75 Å². The molecule has 0 saturated heterocycles. The van der Waals surface area contributed by atoms with Gasteiger partial charge in [0.25, 0.3) is 5.91 Å². The fourth-order valence-corrected chi connectivity index (χ4v) is 1.71. The Morgan fingerprint density at radius 2 is 2.35 bits per heavy atom. The molecule has 0 aliphatic carbocycles. The summed E-state index contributed by atoms with van der Waals surface area (Å²) in [5.74, 6) is 3.19. The summed E-state index contributed by atoms with van der Waals surface area (Å²) in [6.45, 7) is 1.79. The minimum absolute atomic E-state index is 0.0605. The quantitative estimate of drug-likeness (QED) is 0.879. The summed E-state index contributed by atoms with van der Waals surface area (Å²) in [5, 5.41) is 6.69. The number of ether oxygens (including phenoxy) is 1. The monoisotopic (exact) mass is 290 g/mol. The van der Waals surface area contributed by atoms with Gasteiger partial charge in [0.1, 0.15) is 18.1 Å². The van der Waals surface area contributed by atoms with Crippen LogP contribution in [0, 0.1) is 19.3 Å². The number of rotatable bonds is 4. The first kappa shape index (κ1) is 14.0. The molecule has 0 radical (unpaired) electrons. The second kappa shape index (κ2) is 6.13. The summed E-state index contributed by atoms with van der Waals surface area (Å²) in [7, 11) is 0. The van der Waals surface area contributed by atoms with Gasteiger partial charge in [0.2, 0.25) is 0 Å². The van der Waals surface area contributed by atoms with Crippen molar-refractivity contribution >= 4 is 23.3 Å². The normalized spacial score (nSPS) is 9.85. The Bertz CT molecular complexity index is 673. The van der Waals surface area contributed by atoms with Gasteiger partial charge in [-0.1, -0.05) is 22.7 Å². The number of hydrogen-bond acceptors (Lipinski definition) is 4. The smallest absolute Gasteiger partial charge is 0.260 e. The highest BCUT2D eigenvalue weighted by molar-refractivity contribution is 6.31. The molecule has 0 unspecified atom stereocenters. The van der Waals surface area contributed by atoms with Gasteiger partial charge in [0, 0.05) is 11.1 Å². The molecule has 1 heterocycles. The Morgan fingerprint density at radius 1 is 1.55 bits per heavy atom. The minimum Gasteiger partial charge on any atom is -0.480 e. The Morgan fingerprint density at radius 3 is 3.00 bits per heavy atom. The predicted molar refractivity (Wildman–Crippen MR) is 75.0 cm³/mol. The van der Waals surface area contributed by atoms with Crippen molar-refractivity contribution in [3.63, 3.8) is 0 Å². The first-order valence-electron chi connectivity index (χ1n) is 5.70. The van der Waals surface area contributed by atoms with Gasteiger partial charge in [0.15, 0.2) is 5.82 Å². The van der Waals surface area contributed by atoms with Crippen LogP contribution in [0.2, 0.25) is 5.02 Å². The van der Waals surface area contributed by atoms with E-state index in [2.05, 4.69) is 16.4 Å². The number of carbonyl (C=O) groups excluding carboxylic acids is 1. The average molecular weight is 291 g/mol. The number of terminal acetylenes is 1. The Kier molecular flexibility index (Phi) is 4.28. The standard InChI is InChI=1S/C14H11ClN2O3/c1-3-6-19-12-5-4-10(15)8-11(12)14(18)16-13-7-9(2)20-17-13/h1,4-5,7-8H,6H2,2H3,(H,16,17,18). The van der Waals surface area contributed by atoms with Crippen LogP contribution in [-0.2, 0) is 0 Å². The molecule has 1 aromatic heterocycles. The molecule has 2 aromatic rings. The number of benzene rings is 1. The van der Waals surface area contributed by atoms with Crippen LogP contribution in [0.15, 0.2) is 28.8 Å². The van der Waals surface area contributed by atoms with E-state index in [1.807, 2.05) is 0 Å². The molecule has 0 fully saturated rings. The molecular weight excluding hydrogens is 280 g/mol. The molecule has 1 N–H and O–H groups in total. The third-order valence-electron chi connectivity index (χ3n) is 2.37. The molecule has 5 nitrogen and oxygen atoms in total. The highest BCUT2D eigenvalue weighted by Crippen LogP contribution is 2.24. The number of nitrogens with zero attached hydrogens (tertiary/aromatic N) is 1. The van der Waals surface area contributed by atoms with Crippen molar-refractivity contribution < 1.29 is 14.1 Å². The number of nitrogens with one attached hydrogen (secondary N) is 1. The van der Waals surface area contributed by atoms with Crippen LogP contribution >= 0.6 is 11.6 Å². The van der Waals surface area contributed by atoms with E-state index in [1.54, 1.807) is 25.1 Å². The molecular formula is C14H11ClN2O3. The van der Waals surface area contributed by atoms with Crippen LogP contribution in [0.1, 0.15) is 16.1 Å². The summed E-state index contributed by atoms with van der Waals surface area (Å²) >= 11 is 5.89. The molecule has 0 spiro atoms. The van der Waals surface area contributed by atoms with Crippen LogP contribution in [0.25, 0.3) is 0 Å². The molecule has 102 valence electrons. The minimum atomic E-state index is -0.409. The third kappa shape index (κ3) is 3.31. The second-order valence-corrected chi connectivity index (χ2v) is 4.35. The molecule has 20 heavy (non-hydrogen) atoms. The van der Waals surface area contributed by atoms with Crippen molar-refractivity contribution in [3.8, 4) is 18.1 Å². The van der Waals surface area contributed by atoms with Gasteiger partial charge in [0.05, 0.1) is 5.56 Å². The maximum atomic E-state index is 12.2. The van der Waals surface area contributed by atoms with E-state index in [0.29, 0.717) is 22.4 Å². The van der Waals surface area contributed by atoms with Gasteiger partial charge in [-0.3, -0.25) is 4.79 Å². The van der Waals surface area contributed by atoms with Crippen molar-refractivity contribution in [3.05, 3.63) is 40.6 Å². The van der Waals surface area contributed by atoms with Gasteiger partial charge in [-0.05, 0) is 25.1 Å². The lowest BCUT2D eigenvalue weighted by atomic mass is 10.2. The van der Waals surface area contributed by atoms with E-state index in [4.69, 9.17) is 27.3 Å². The van der Waals surface area contributed by atoms with Gasteiger partial charge < -0.3 is 14.6 Å². The van der Waals surface area contributed by atoms with Crippen molar-refractivity contribution in [1.82, 2.24) is 5.16 Å². The van der Waals surface area contributed by atoms with E-state index in [0.717, 1.165) is 0 Å². The molecule has 0 aliphatic heterocycles. The van der Waals surface area contributed by atoms with E-state index in [9.17, 15) is 4.79 Å². The Labute approximate surface area is 120 Å². The zero-order valence-electron chi connectivity index (χ0n) is 10.6. The fraction of sp³-hybridized carbons (Fsp3) is 0.143. The predicted octanol–water partition coefficient (Wildman–Crippen LogP) is 2.90. The van der Waals surface area contributed by atoms with Crippen molar-refractivity contribution in [1.29, 1.82) is 0 Å². The fourth-order valence-electron chi connectivity index (χ4n) is 1.53. The average Bonchev–Trinajstić information content (AvgIpc) is 2.82. The van der Waals surface area contributed by atoms with Crippen LogP contribution in [-0.4, -0.2) is 17.7 Å². The maximum absolute atomic E-state index is 12.2. The summed E-state index contributed by atoms with van der Waals surface area (Å²) in [5.41, 5.74) is 0.272. The molecule has 0 atom stereocenters. The van der Waals surface area contributed by atoms with Crippen LogP contribution in [0.3, 0.4) is 0 Å². The zero-order chi connectivity index (χ0) is 14.5. The van der Waals surface area contributed by atoms with E-state index >= 15 is 0 Å². The van der Waals surface area contributed by atoms with Gasteiger partial charge in [-0.25, -0.2) is 0 Å². The topological polar surface area (TPSA) is 64.4 Å². The van der Waals surface area contributed by atoms with Gasteiger partial charge in [-0.15, -0.1) is 6.42 Å². The zero-order valence-corrected chi connectivity index (χ0v) is 11.4.